The third-order valence-corrected chi connectivity index (χ3v) is 3.51. The third-order valence-electron chi connectivity index (χ3n) is 3.51. The summed E-state index contributed by atoms with van der Waals surface area (Å²) in [6, 6.07) is 9.99. The minimum absolute atomic E-state index is 0.309. The summed E-state index contributed by atoms with van der Waals surface area (Å²) in [5.74, 6) is 0.298. The van der Waals surface area contributed by atoms with Crippen LogP contribution in [-0.2, 0) is 0 Å². The molecule has 0 heterocycles. The van der Waals surface area contributed by atoms with Gasteiger partial charge < -0.3 is 10.5 Å². The zero-order chi connectivity index (χ0) is 14.0. The minimum atomic E-state index is -0.398. The predicted molar refractivity (Wildman–Crippen MR) is 74.9 cm³/mol. The molecule has 1 unspecified atom stereocenters. The molecule has 0 radical (unpaired) electrons. The van der Waals surface area contributed by atoms with Crippen LogP contribution in [-0.4, -0.2) is 7.11 Å². The maximum atomic E-state index is 13.4. The first-order valence-electron chi connectivity index (χ1n) is 6.19. The lowest BCUT2D eigenvalue weighted by atomic mass is 9.93. The van der Waals surface area contributed by atoms with Gasteiger partial charge in [-0.15, -0.1) is 0 Å². The summed E-state index contributed by atoms with van der Waals surface area (Å²) >= 11 is 0. The van der Waals surface area contributed by atoms with Crippen molar-refractivity contribution in [3.05, 3.63) is 64.5 Å². The van der Waals surface area contributed by atoms with Crippen molar-refractivity contribution in [2.24, 2.45) is 5.73 Å². The molecule has 2 aromatic carbocycles. The predicted octanol–water partition coefficient (Wildman–Crippen LogP) is 3.50. The lowest BCUT2D eigenvalue weighted by Gasteiger charge is -2.19. The van der Waals surface area contributed by atoms with Gasteiger partial charge in [0.05, 0.1) is 13.2 Å². The molecule has 0 bridgehead atoms. The highest BCUT2D eigenvalue weighted by atomic mass is 19.1. The van der Waals surface area contributed by atoms with E-state index in [4.69, 9.17) is 10.5 Å². The molecule has 19 heavy (non-hydrogen) atoms. The summed E-state index contributed by atoms with van der Waals surface area (Å²) in [5, 5.41) is 0. The standard InChI is InChI=1S/C16H18FNO/c1-10-5-4-6-13(11(10)2)16(18)14-9-12(17)7-8-15(14)19-3/h4-9,16H,18H2,1-3H3. The summed E-state index contributed by atoms with van der Waals surface area (Å²) < 4.78 is 18.7. The highest BCUT2D eigenvalue weighted by Crippen LogP contribution is 2.31. The maximum absolute atomic E-state index is 13.4. The van der Waals surface area contributed by atoms with Crippen LogP contribution in [0.1, 0.15) is 28.3 Å². The van der Waals surface area contributed by atoms with E-state index in [-0.39, 0.29) is 5.82 Å². The molecule has 0 saturated heterocycles. The van der Waals surface area contributed by atoms with Gasteiger partial charge in [-0.25, -0.2) is 4.39 Å². The first kappa shape index (κ1) is 13.6. The molecule has 0 amide bonds. The number of hydrogen-bond acceptors (Lipinski definition) is 2. The van der Waals surface area contributed by atoms with Crippen LogP contribution in [0.2, 0.25) is 0 Å². The van der Waals surface area contributed by atoms with Crippen LogP contribution in [0.15, 0.2) is 36.4 Å². The Labute approximate surface area is 113 Å². The van der Waals surface area contributed by atoms with Gasteiger partial charge in [0.25, 0.3) is 0 Å². The van der Waals surface area contributed by atoms with Crippen molar-refractivity contribution in [2.75, 3.05) is 7.11 Å². The molecule has 2 N–H and O–H groups in total. The smallest absolute Gasteiger partial charge is 0.124 e. The van der Waals surface area contributed by atoms with Crippen molar-refractivity contribution in [2.45, 2.75) is 19.9 Å². The molecule has 0 aliphatic rings. The van der Waals surface area contributed by atoms with Crippen LogP contribution in [0.5, 0.6) is 5.75 Å². The van der Waals surface area contributed by atoms with Gasteiger partial charge in [-0.2, -0.15) is 0 Å². The van der Waals surface area contributed by atoms with E-state index in [0.29, 0.717) is 11.3 Å². The van der Waals surface area contributed by atoms with E-state index in [1.165, 1.54) is 17.7 Å². The average Bonchev–Trinajstić information content (AvgIpc) is 2.41. The number of methoxy groups -OCH3 is 1. The van der Waals surface area contributed by atoms with Gasteiger partial charge in [-0.3, -0.25) is 0 Å². The molecule has 2 rings (SSSR count). The summed E-state index contributed by atoms with van der Waals surface area (Å²) in [7, 11) is 1.56. The van der Waals surface area contributed by atoms with Crippen molar-refractivity contribution in [3.8, 4) is 5.75 Å². The highest BCUT2D eigenvalue weighted by molar-refractivity contribution is 5.45. The van der Waals surface area contributed by atoms with Crippen LogP contribution >= 0.6 is 0 Å². The average molecular weight is 259 g/mol. The van der Waals surface area contributed by atoms with Crippen molar-refractivity contribution in [1.82, 2.24) is 0 Å². The quantitative estimate of drug-likeness (QED) is 0.915. The number of nitrogens with two attached hydrogens (primary N) is 1. The van der Waals surface area contributed by atoms with E-state index in [2.05, 4.69) is 0 Å². The second-order valence-electron chi connectivity index (χ2n) is 4.65. The van der Waals surface area contributed by atoms with Gasteiger partial charge in [-0.1, -0.05) is 18.2 Å². The summed E-state index contributed by atoms with van der Waals surface area (Å²) in [6.45, 7) is 4.06. The molecule has 2 nitrogen and oxygen atoms in total. The van der Waals surface area contributed by atoms with E-state index < -0.39 is 6.04 Å². The second kappa shape index (κ2) is 5.41. The molecule has 0 spiro atoms. The van der Waals surface area contributed by atoms with Crippen molar-refractivity contribution < 1.29 is 9.13 Å². The largest absolute Gasteiger partial charge is 0.496 e. The van der Waals surface area contributed by atoms with Crippen LogP contribution in [0, 0.1) is 19.7 Å². The summed E-state index contributed by atoms with van der Waals surface area (Å²) in [4.78, 5) is 0. The number of ether oxygens (including phenoxy) is 1. The fraction of sp³-hybridized carbons (Fsp3) is 0.250. The Balaban J connectivity index is 2.52. The Bertz CT molecular complexity index is 595. The number of hydrogen-bond donors (Lipinski definition) is 1. The molecule has 1 atom stereocenters. The monoisotopic (exact) mass is 259 g/mol. The number of halogens is 1. The molecule has 0 saturated carbocycles. The van der Waals surface area contributed by atoms with Crippen LogP contribution < -0.4 is 10.5 Å². The third kappa shape index (κ3) is 2.61. The fourth-order valence-electron chi connectivity index (χ4n) is 2.23. The van der Waals surface area contributed by atoms with Crippen molar-refractivity contribution in [1.29, 1.82) is 0 Å². The molecular formula is C16H18FNO. The molecule has 100 valence electrons. The molecule has 2 aromatic rings. The molecule has 0 aromatic heterocycles. The molecular weight excluding hydrogens is 241 g/mol. The van der Waals surface area contributed by atoms with E-state index in [1.54, 1.807) is 13.2 Å². The second-order valence-corrected chi connectivity index (χ2v) is 4.65. The molecule has 0 fully saturated rings. The van der Waals surface area contributed by atoms with Crippen LogP contribution in [0.25, 0.3) is 0 Å². The lowest BCUT2D eigenvalue weighted by Crippen LogP contribution is -2.15. The Morgan fingerprint density at radius 2 is 1.84 bits per heavy atom. The SMILES string of the molecule is COc1ccc(F)cc1C(N)c1cccc(C)c1C. The Morgan fingerprint density at radius 1 is 1.11 bits per heavy atom. The lowest BCUT2D eigenvalue weighted by molar-refractivity contribution is 0.406. The van der Waals surface area contributed by atoms with E-state index in [1.807, 2.05) is 32.0 Å². The summed E-state index contributed by atoms with van der Waals surface area (Å²) in [5.41, 5.74) is 10.2. The van der Waals surface area contributed by atoms with Gasteiger partial charge >= 0.3 is 0 Å². The van der Waals surface area contributed by atoms with Crippen molar-refractivity contribution >= 4 is 0 Å². The van der Waals surface area contributed by atoms with E-state index in [0.717, 1.165) is 11.1 Å². The number of rotatable bonds is 3. The molecule has 0 aliphatic heterocycles. The fourth-order valence-corrected chi connectivity index (χ4v) is 2.23. The van der Waals surface area contributed by atoms with Gasteiger partial charge in [0.1, 0.15) is 11.6 Å². The van der Waals surface area contributed by atoms with Gasteiger partial charge in [0, 0.05) is 5.56 Å². The Hall–Kier alpha value is -1.87. The highest BCUT2D eigenvalue weighted by Gasteiger charge is 2.17. The first-order valence-corrected chi connectivity index (χ1v) is 6.19. The molecule has 3 heteroatoms. The molecule has 0 aliphatic carbocycles. The summed E-state index contributed by atoms with van der Waals surface area (Å²) in [6.07, 6.45) is 0. The number of aryl methyl sites for hydroxylation is 1. The van der Waals surface area contributed by atoms with E-state index in [9.17, 15) is 4.39 Å². The van der Waals surface area contributed by atoms with E-state index >= 15 is 0 Å². The Morgan fingerprint density at radius 3 is 2.53 bits per heavy atom. The Kier molecular flexibility index (Phi) is 3.86. The van der Waals surface area contributed by atoms with Gasteiger partial charge in [-0.05, 0) is 48.7 Å². The van der Waals surface area contributed by atoms with Crippen molar-refractivity contribution in [3.63, 3.8) is 0 Å². The van der Waals surface area contributed by atoms with Gasteiger partial charge in [0.2, 0.25) is 0 Å². The number of benzene rings is 2. The zero-order valence-electron chi connectivity index (χ0n) is 11.4. The topological polar surface area (TPSA) is 35.2 Å². The zero-order valence-corrected chi connectivity index (χ0v) is 11.4. The maximum Gasteiger partial charge on any atom is 0.124 e. The first-order chi connectivity index (χ1) is 9.04. The minimum Gasteiger partial charge on any atom is -0.496 e. The normalized spacial score (nSPS) is 12.3. The van der Waals surface area contributed by atoms with Crippen LogP contribution in [0.3, 0.4) is 0 Å². The van der Waals surface area contributed by atoms with Crippen LogP contribution in [0.4, 0.5) is 4.39 Å². The van der Waals surface area contributed by atoms with Gasteiger partial charge in [0.15, 0.2) is 0 Å².